The molecule has 9 heteroatoms. The second kappa shape index (κ2) is 8.17. The van der Waals surface area contributed by atoms with Crippen molar-refractivity contribution in [3.8, 4) is 0 Å². The van der Waals surface area contributed by atoms with Gasteiger partial charge < -0.3 is 14.5 Å². The molecule has 0 bridgehead atoms. The molecule has 6 nitrogen and oxygen atoms in total. The number of aromatic nitrogens is 1. The highest BCUT2D eigenvalue weighted by atomic mass is 19.4. The van der Waals surface area contributed by atoms with Gasteiger partial charge in [-0.15, -0.1) is 0 Å². The maximum atomic E-state index is 13.1. The summed E-state index contributed by atoms with van der Waals surface area (Å²) in [5.74, 6) is 0.116. The molecule has 182 valence electrons. The Balaban J connectivity index is 1.30. The number of piperidine rings is 1. The van der Waals surface area contributed by atoms with Gasteiger partial charge in [-0.25, -0.2) is 9.78 Å². The van der Waals surface area contributed by atoms with Gasteiger partial charge in [0.1, 0.15) is 5.69 Å². The molecule has 0 unspecified atom stereocenters. The lowest BCUT2D eigenvalue weighted by atomic mass is 9.56. The Hall–Kier alpha value is -2.32. The van der Waals surface area contributed by atoms with Crippen LogP contribution in [0.1, 0.15) is 68.3 Å². The molecule has 1 aliphatic heterocycles. The monoisotopic (exact) mass is 467 g/mol. The largest absolute Gasteiger partial charge is 0.453 e. The average molecular weight is 468 g/mol. The van der Waals surface area contributed by atoms with Crippen molar-refractivity contribution in [2.45, 2.75) is 70.0 Å². The number of hydrogen-bond donors (Lipinski definition) is 0. The van der Waals surface area contributed by atoms with Crippen LogP contribution >= 0.6 is 0 Å². The molecule has 3 aliphatic rings. The lowest BCUT2D eigenvalue weighted by Crippen LogP contribution is -2.60. The first-order valence-electron chi connectivity index (χ1n) is 11.5. The molecule has 1 saturated heterocycles. The SMILES string of the molecule is COC(=O)N(C)C1(C)CC(C(=O)N2CCC3(CC2)CC(c2nc(C(F)(F)F)ccc2C)C3)C1. The molecule has 0 radical (unpaired) electrons. The van der Waals surface area contributed by atoms with E-state index in [0.717, 1.165) is 37.3 Å². The Kier molecular flexibility index (Phi) is 5.90. The van der Waals surface area contributed by atoms with Crippen molar-refractivity contribution in [2.75, 3.05) is 27.2 Å². The van der Waals surface area contributed by atoms with Gasteiger partial charge in [0.2, 0.25) is 5.91 Å². The summed E-state index contributed by atoms with van der Waals surface area (Å²) in [6.07, 6.45) is -0.167. The number of aryl methyl sites for hydroxylation is 1. The molecule has 0 N–H and O–H groups in total. The van der Waals surface area contributed by atoms with Crippen LogP contribution in [0.4, 0.5) is 18.0 Å². The third kappa shape index (κ3) is 4.30. The second-order valence-electron chi connectivity index (χ2n) is 10.5. The fourth-order valence-electron chi connectivity index (χ4n) is 5.97. The molecule has 4 rings (SSSR count). The molecule has 0 aromatic carbocycles. The number of methoxy groups -OCH3 is 1. The van der Waals surface area contributed by atoms with Gasteiger partial charge in [0, 0.05) is 43.2 Å². The average Bonchev–Trinajstić information content (AvgIpc) is 2.73. The summed E-state index contributed by atoms with van der Waals surface area (Å²) in [4.78, 5) is 32.2. The third-order valence-corrected chi connectivity index (χ3v) is 8.29. The van der Waals surface area contributed by atoms with E-state index in [1.54, 1.807) is 11.9 Å². The van der Waals surface area contributed by atoms with Crippen molar-refractivity contribution in [2.24, 2.45) is 11.3 Å². The van der Waals surface area contributed by atoms with Gasteiger partial charge in [-0.05, 0) is 69.4 Å². The predicted octanol–water partition coefficient (Wildman–Crippen LogP) is 4.76. The molecule has 2 amide bonds. The number of alkyl halides is 3. The lowest BCUT2D eigenvalue weighted by molar-refractivity contribution is -0.147. The first kappa shape index (κ1) is 23.8. The third-order valence-electron chi connectivity index (χ3n) is 8.29. The molecule has 1 spiro atoms. The molecule has 1 aromatic heterocycles. The molecule has 0 atom stereocenters. The van der Waals surface area contributed by atoms with Crippen molar-refractivity contribution < 1.29 is 27.5 Å². The summed E-state index contributed by atoms with van der Waals surface area (Å²) >= 11 is 0. The van der Waals surface area contributed by atoms with Gasteiger partial charge in [-0.3, -0.25) is 4.79 Å². The summed E-state index contributed by atoms with van der Waals surface area (Å²) in [6.45, 7) is 5.15. The number of rotatable bonds is 3. The minimum absolute atomic E-state index is 0.0516. The van der Waals surface area contributed by atoms with Crippen molar-refractivity contribution in [3.63, 3.8) is 0 Å². The molecular weight excluding hydrogens is 435 g/mol. The minimum Gasteiger partial charge on any atom is -0.453 e. The van der Waals surface area contributed by atoms with Crippen molar-refractivity contribution >= 4 is 12.0 Å². The van der Waals surface area contributed by atoms with Crippen molar-refractivity contribution in [1.29, 1.82) is 0 Å². The Morgan fingerprint density at radius 3 is 2.30 bits per heavy atom. The van der Waals surface area contributed by atoms with E-state index in [4.69, 9.17) is 4.74 Å². The Labute approximate surface area is 192 Å². The van der Waals surface area contributed by atoms with Crippen LogP contribution in [0, 0.1) is 18.3 Å². The fourth-order valence-corrected chi connectivity index (χ4v) is 5.97. The molecular formula is C24H32F3N3O3. The normalized spacial score (nSPS) is 27.0. The number of pyridine rings is 1. The molecule has 3 fully saturated rings. The van der Waals surface area contributed by atoms with E-state index in [2.05, 4.69) is 4.98 Å². The quantitative estimate of drug-likeness (QED) is 0.643. The van der Waals surface area contributed by atoms with Crippen LogP contribution in [0.5, 0.6) is 0 Å². The van der Waals surface area contributed by atoms with Crippen LogP contribution in [-0.4, -0.2) is 59.6 Å². The second-order valence-corrected chi connectivity index (χ2v) is 10.5. The topological polar surface area (TPSA) is 62.7 Å². The first-order chi connectivity index (χ1) is 15.4. The summed E-state index contributed by atoms with van der Waals surface area (Å²) in [6, 6.07) is 2.56. The van der Waals surface area contributed by atoms with Gasteiger partial charge in [-0.1, -0.05) is 6.07 Å². The van der Waals surface area contributed by atoms with Crippen molar-refractivity contribution in [3.05, 3.63) is 29.1 Å². The fraction of sp³-hybridized carbons (Fsp3) is 0.708. The molecule has 33 heavy (non-hydrogen) atoms. The molecule has 2 aliphatic carbocycles. The zero-order valence-corrected chi connectivity index (χ0v) is 19.7. The maximum absolute atomic E-state index is 13.1. The van der Waals surface area contributed by atoms with Gasteiger partial charge in [0.05, 0.1) is 7.11 Å². The number of carbonyl (C=O) groups excluding carboxylic acids is 2. The minimum atomic E-state index is -4.43. The Morgan fingerprint density at radius 2 is 1.76 bits per heavy atom. The van der Waals surface area contributed by atoms with Crippen LogP contribution in [0.15, 0.2) is 12.1 Å². The summed E-state index contributed by atoms with van der Waals surface area (Å²) in [5, 5.41) is 0. The van der Waals surface area contributed by atoms with E-state index < -0.39 is 18.0 Å². The highest BCUT2D eigenvalue weighted by molar-refractivity contribution is 5.81. The molecule has 2 saturated carbocycles. The summed E-state index contributed by atoms with van der Waals surface area (Å²) in [5.41, 5.74) is 0.289. The van der Waals surface area contributed by atoms with Crippen molar-refractivity contribution in [1.82, 2.24) is 14.8 Å². The van der Waals surface area contributed by atoms with E-state index in [1.165, 1.54) is 13.2 Å². The maximum Gasteiger partial charge on any atom is 0.433 e. The van der Waals surface area contributed by atoms with E-state index in [-0.39, 0.29) is 28.7 Å². The van der Waals surface area contributed by atoms with Crippen LogP contribution < -0.4 is 0 Å². The van der Waals surface area contributed by atoms with E-state index in [1.807, 2.05) is 18.7 Å². The van der Waals surface area contributed by atoms with Gasteiger partial charge in [-0.2, -0.15) is 13.2 Å². The molecule has 2 heterocycles. The number of carbonyl (C=O) groups is 2. The zero-order valence-electron chi connectivity index (χ0n) is 19.7. The number of amides is 2. The van der Waals surface area contributed by atoms with E-state index >= 15 is 0 Å². The summed E-state index contributed by atoms with van der Waals surface area (Å²) < 4.78 is 44.0. The highest BCUT2D eigenvalue weighted by Gasteiger charge is 2.52. The van der Waals surface area contributed by atoms with Gasteiger partial charge in [0.15, 0.2) is 0 Å². The smallest absolute Gasteiger partial charge is 0.433 e. The lowest BCUT2D eigenvalue weighted by Gasteiger charge is -2.54. The van der Waals surface area contributed by atoms with Gasteiger partial charge >= 0.3 is 12.3 Å². The predicted molar refractivity (Wildman–Crippen MR) is 115 cm³/mol. The van der Waals surface area contributed by atoms with Crippen LogP contribution in [0.25, 0.3) is 0 Å². The first-order valence-corrected chi connectivity index (χ1v) is 11.5. The number of nitrogens with zero attached hydrogens (tertiary/aromatic N) is 3. The van der Waals surface area contributed by atoms with Crippen LogP contribution in [0.3, 0.4) is 0 Å². The molecule has 1 aromatic rings. The van der Waals surface area contributed by atoms with Crippen LogP contribution in [0.2, 0.25) is 0 Å². The number of likely N-dealkylation sites (tertiary alicyclic amines) is 1. The Bertz CT molecular complexity index is 927. The number of ether oxygens (including phenoxy) is 1. The Morgan fingerprint density at radius 1 is 1.15 bits per heavy atom. The number of halogens is 3. The van der Waals surface area contributed by atoms with Gasteiger partial charge in [0.25, 0.3) is 0 Å². The van der Waals surface area contributed by atoms with E-state index in [0.29, 0.717) is 31.6 Å². The summed E-state index contributed by atoms with van der Waals surface area (Å²) in [7, 11) is 3.05. The van der Waals surface area contributed by atoms with Crippen LogP contribution in [-0.2, 0) is 15.7 Å². The highest BCUT2D eigenvalue weighted by Crippen LogP contribution is 2.57. The number of hydrogen-bond acceptors (Lipinski definition) is 4. The standard InChI is InChI=1S/C24H32F3N3O3/c1-15-5-6-18(24(25,26)27)28-19(15)16-13-23(14-16)7-9-30(10-8-23)20(31)17-11-22(2,12-17)29(3)21(32)33-4/h5-6,16-17H,7-14H2,1-4H3. The zero-order chi connectivity index (χ0) is 24.2. The van der Waals surface area contributed by atoms with E-state index in [9.17, 15) is 22.8 Å².